The third-order valence-corrected chi connectivity index (χ3v) is 1.48. The summed E-state index contributed by atoms with van der Waals surface area (Å²) in [6.07, 6.45) is 4.14. The summed E-state index contributed by atoms with van der Waals surface area (Å²) in [5, 5.41) is 0. The van der Waals surface area contributed by atoms with Crippen molar-refractivity contribution in [3.05, 3.63) is 0 Å². The van der Waals surface area contributed by atoms with E-state index in [4.69, 9.17) is 0 Å². The van der Waals surface area contributed by atoms with E-state index in [0.29, 0.717) is 16.7 Å². The topological polar surface area (TPSA) is 17.1 Å². The van der Waals surface area contributed by atoms with Crippen LogP contribution in [0.2, 0.25) is 0 Å². The van der Waals surface area contributed by atoms with Crippen molar-refractivity contribution < 1.29 is 17.2 Å². The molecule has 0 bridgehead atoms. The Morgan fingerprint density at radius 2 is 1.88 bits per heavy atom. The molecule has 0 unspecified atom stereocenters. The van der Waals surface area contributed by atoms with Crippen LogP contribution in [-0.4, -0.2) is 24.0 Å². The van der Waals surface area contributed by atoms with E-state index < -0.39 is 0 Å². The highest BCUT2D eigenvalue weighted by atomic mass is 35.5. The Labute approximate surface area is 59.6 Å². The van der Waals surface area contributed by atoms with Gasteiger partial charge in [0, 0.05) is 0 Å². The van der Waals surface area contributed by atoms with Crippen LogP contribution in [0.5, 0.6) is 0 Å². The molecule has 0 saturated carbocycles. The van der Waals surface area contributed by atoms with E-state index in [1.54, 1.807) is 6.92 Å². The fourth-order valence-electron chi connectivity index (χ4n) is 0.407. The third kappa shape index (κ3) is 9.58. The molecule has 0 saturated heterocycles. The Bertz CT molecular complexity index is 72.8. The molecule has 0 heterocycles. The van der Waals surface area contributed by atoms with Crippen LogP contribution in [0.15, 0.2) is 0 Å². The highest BCUT2D eigenvalue weighted by molar-refractivity contribution is 7.96. The summed E-state index contributed by atoms with van der Waals surface area (Å²) in [6, 6.07) is 0. The molecular weight excluding hydrogens is 144 g/mol. The summed E-state index contributed by atoms with van der Waals surface area (Å²) in [5.74, 6) is 1.05. The first-order chi connectivity index (χ1) is 3.13. The number of hydrogen-bond acceptors (Lipinski definition) is 1. The van der Waals surface area contributed by atoms with Crippen LogP contribution in [0.4, 0.5) is 0 Å². The summed E-state index contributed by atoms with van der Waals surface area (Å²) in [7, 11) is 0.305. The van der Waals surface area contributed by atoms with E-state index in [1.807, 2.05) is 0 Å². The molecule has 0 radical (unpaired) electrons. The van der Waals surface area contributed by atoms with Crippen LogP contribution >= 0.6 is 0 Å². The molecule has 0 rings (SSSR count). The van der Waals surface area contributed by atoms with Gasteiger partial charge in [0.25, 0.3) is 0 Å². The van der Waals surface area contributed by atoms with Gasteiger partial charge in [-0.25, -0.2) is 0 Å². The summed E-state index contributed by atoms with van der Waals surface area (Å²) in [4.78, 5) is 10.3. The van der Waals surface area contributed by atoms with E-state index in [2.05, 4.69) is 12.5 Å². The van der Waals surface area contributed by atoms with Crippen LogP contribution in [0.1, 0.15) is 6.92 Å². The molecule has 0 N–H and O–H groups in total. The first kappa shape index (κ1) is 11.2. The molecule has 0 fully saturated rings. The molecule has 0 amide bonds. The molecule has 50 valence electrons. The number of ketones is 1. The summed E-state index contributed by atoms with van der Waals surface area (Å²) in [6.45, 7) is 1.63. The van der Waals surface area contributed by atoms with Gasteiger partial charge in [0.1, 0.15) is 0 Å². The maximum absolute atomic E-state index is 10.3. The zero-order chi connectivity index (χ0) is 5.86. The molecule has 1 nitrogen and oxygen atoms in total. The Balaban J connectivity index is 0. The molecule has 0 aromatic rings. The van der Waals surface area contributed by atoms with E-state index in [0.717, 1.165) is 5.75 Å². The maximum atomic E-state index is 10.3. The first-order valence-electron chi connectivity index (χ1n) is 2.16. The van der Waals surface area contributed by atoms with Crippen LogP contribution in [0.25, 0.3) is 0 Å². The van der Waals surface area contributed by atoms with Crippen molar-refractivity contribution in [2.45, 2.75) is 6.92 Å². The molecule has 8 heavy (non-hydrogen) atoms. The number of rotatable bonds is 2. The fraction of sp³-hybridized carbons (Fsp3) is 0.800. The van der Waals surface area contributed by atoms with E-state index >= 15 is 0 Å². The highest BCUT2D eigenvalue weighted by Gasteiger charge is 2.03. The average molecular weight is 155 g/mol. The number of carbonyl (C=O) groups is 1. The lowest BCUT2D eigenvalue weighted by atomic mass is 10.5. The SMILES string of the molecule is CC(=O)C[S+](C)C.[Cl-]. The zero-order valence-electron chi connectivity index (χ0n) is 5.40. The Morgan fingerprint density at radius 3 is 1.88 bits per heavy atom. The Kier molecular flexibility index (Phi) is 7.59. The first-order valence-corrected chi connectivity index (χ1v) is 4.37. The Morgan fingerprint density at radius 1 is 1.50 bits per heavy atom. The lowest BCUT2D eigenvalue weighted by molar-refractivity contribution is -0.114. The van der Waals surface area contributed by atoms with Gasteiger partial charge in [-0.1, -0.05) is 0 Å². The minimum atomic E-state index is 0. The van der Waals surface area contributed by atoms with Gasteiger partial charge in [0.05, 0.1) is 12.5 Å². The number of Topliss-reactive ketones (excluding diaryl/α,β-unsaturated/α-hetero) is 1. The van der Waals surface area contributed by atoms with Crippen molar-refractivity contribution in [2.24, 2.45) is 0 Å². The number of carbonyl (C=O) groups excluding carboxylic acids is 1. The minimum absolute atomic E-state index is 0. The smallest absolute Gasteiger partial charge is 0.178 e. The summed E-state index contributed by atoms with van der Waals surface area (Å²) in [5.41, 5.74) is 0. The number of hydrogen-bond donors (Lipinski definition) is 0. The molecule has 3 heteroatoms. The third-order valence-electron chi connectivity index (χ3n) is 0.492. The van der Waals surface area contributed by atoms with Crippen molar-refractivity contribution >= 4 is 16.7 Å². The predicted octanol–water partition coefficient (Wildman–Crippen LogP) is -2.54. The van der Waals surface area contributed by atoms with E-state index in [1.165, 1.54) is 0 Å². The van der Waals surface area contributed by atoms with Crippen molar-refractivity contribution in [3.8, 4) is 0 Å². The lowest BCUT2D eigenvalue weighted by Crippen LogP contribution is -3.00. The second-order valence-electron chi connectivity index (χ2n) is 1.83. The van der Waals surface area contributed by atoms with Gasteiger partial charge in [-0.2, -0.15) is 0 Å². The largest absolute Gasteiger partial charge is 1.00 e. The van der Waals surface area contributed by atoms with Gasteiger partial charge in [-0.3, -0.25) is 4.79 Å². The molecule has 0 aromatic heterocycles. The van der Waals surface area contributed by atoms with Gasteiger partial charge in [0.2, 0.25) is 0 Å². The molecular formula is C5H11ClOS. The molecule has 0 aliphatic carbocycles. The van der Waals surface area contributed by atoms with Crippen LogP contribution in [0, 0.1) is 0 Å². The molecule has 0 aliphatic heterocycles. The zero-order valence-corrected chi connectivity index (χ0v) is 6.97. The average Bonchev–Trinajstić information content (AvgIpc) is 1.27. The lowest BCUT2D eigenvalue weighted by Gasteiger charge is -1.87. The summed E-state index contributed by atoms with van der Waals surface area (Å²) >= 11 is 0. The molecule has 0 spiro atoms. The number of halogens is 1. The molecule has 0 aromatic carbocycles. The van der Waals surface area contributed by atoms with Crippen LogP contribution in [-0.2, 0) is 15.7 Å². The Hall–Kier alpha value is 0.310. The van der Waals surface area contributed by atoms with Crippen molar-refractivity contribution in [1.29, 1.82) is 0 Å². The van der Waals surface area contributed by atoms with E-state index in [-0.39, 0.29) is 12.4 Å². The standard InChI is InChI=1S/C5H11OS.ClH/c1-5(6)4-7(2)3;/h4H2,1-3H3;1H/q+1;/p-1. The predicted molar refractivity (Wildman–Crippen MR) is 34.8 cm³/mol. The van der Waals surface area contributed by atoms with E-state index in [9.17, 15) is 4.79 Å². The van der Waals surface area contributed by atoms with Gasteiger partial charge >= 0.3 is 0 Å². The minimum Gasteiger partial charge on any atom is -1.00 e. The van der Waals surface area contributed by atoms with Crippen LogP contribution in [0.3, 0.4) is 0 Å². The van der Waals surface area contributed by atoms with Crippen molar-refractivity contribution in [3.63, 3.8) is 0 Å². The van der Waals surface area contributed by atoms with Crippen LogP contribution < -0.4 is 12.4 Å². The van der Waals surface area contributed by atoms with Crippen molar-refractivity contribution in [2.75, 3.05) is 18.3 Å². The van der Waals surface area contributed by atoms with Gasteiger partial charge in [-0.15, -0.1) is 0 Å². The highest BCUT2D eigenvalue weighted by Crippen LogP contribution is 1.82. The quantitative estimate of drug-likeness (QED) is 0.401. The maximum Gasteiger partial charge on any atom is 0.178 e. The van der Waals surface area contributed by atoms with Gasteiger partial charge in [0.15, 0.2) is 11.5 Å². The molecule has 0 aliphatic rings. The second kappa shape index (κ2) is 5.45. The summed E-state index contributed by atoms with van der Waals surface area (Å²) < 4.78 is 0. The molecule has 0 atom stereocenters. The monoisotopic (exact) mass is 154 g/mol. The van der Waals surface area contributed by atoms with Crippen molar-refractivity contribution in [1.82, 2.24) is 0 Å². The fourth-order valence-corrected chi connectivity index (χ4v) is 1.22. The van der Waals surface area contributed by atoms with Gasteiger partial charge < -0.3 is 12.4 Å². The van der Waals surface area contributed by atoms with Gasteiger partial charge in [-0.05, 0) is 17.8 Å². The normalized spacial score (nSPS) is 8.50. The second-order valence-corrected chi connectivity index (χ2v) is 4.09.